The predicted molar refractivity (Wildman–Crippen MR) is 182 cm³/mol. The van der Waals surface area contributed by atoms with Gasteiger partial charge in [-0.2, -0.15) is 0 Å². The van der Waals surface area contributed by atoms with Gasteiger partial charge in [0, 0.05) is 0 Å². The SMILES string of the molecule is CC(=O)C(Br)CCCC(Br)C(=O)OCC(C)(COC(=O)C(Br)CCCC(Br)C(C)=O)C(=O)OCCN1C(=O)[C@@H]2C3C=CC(O3)[C@@H]2C1=O. The molecule has 0 aromatic heterocycles. The highest BCUT2D eigenvalue weighted by Gasteiger charge is 2.60. The highest BCUT2D eigenvalue weighted by molar-refractivity contribution is 9.10. The summed E-state index contributed by atoms with van der Waals surface area (Å²) in [7, 11) is 0. The molecule has 3 aliphatic heterocycles. The summed E-state index contributed by atoms with van der Waals surface area (Å²) in [6, 6.07) is 0. The zero-order valence-corrected chi connectivity index (χ0v) is 32.6. The monoisotopic (exact) mass is 917 g/mol. The zero-order chi connectivity index (χ0) is 35.1. The van der Waals surface area contributed by atoms with E-state index in [2.05, 4.69) is 63.7 Å². The third-order valence-electron chi connectivity index (χ3n) is 8.33. The number of hydrogen-bond acceptors (Lipinski definition) is 11. The lowest BCUT2D eigenvalue weighted by Crippen LogP contribution is -2.43. The number of imide groups is 1. The van der Waals surface area contributed by atoms with E-state index in [0.29, 0.717) is 38.5 Å². The summed E-state index contributed by atoms with van der Waals surface area (Å²) in [4.78, 5) is 86.7. The number of nitrogens with zero attached hydrogens (tertiary/aromatic N) is 1. The first-order valence-corrected chi connectivity index (χ1v) is 19.0. The quantitative estimate of drug-likeness (QED) is 0.0569. The van der Waals surface area contributed by atoms with Gasteiger partial charge in [-0.1, -0.05) is 88.7 Å². The molecule has 3 heterocycles. The van der Waals surface area contributed by atoms with Crippen LogP contribution in [0.15, 0.2) is 12.2 Å². The van der Waals surface area contributed by atoms with Crippen LogP contribution in [-0.2, 0) is 52.5 Å². The number of likely N-dealkylation sites (tertiary alicyclic amines) is 1. The molecule has 0 aromatic carbocycles. The van der Waals surface area contributed by atoms with E-state index in [-0.39, 0.29) is 46.2 Å². The molecule has 6 unspecified atom stereocenters. The fourth-order valence-electron chi connectivity index (χ4n) is 5.39. The maximum absolute atomic E-state index is 13.4. The Morgan fingerprint density at radius 2 is 1.15 bits per heavy atom. The molecule has 262 valence electrons. The van der Waals surface area contributed by atoms with E-state index in [1.807, 2.05) is 0 Å². The zero-order valence-electron chi connectivity index (χ0n) is 26.3. The maximum Gasteiger partial charge on any atom is 0.319 e. The fourth-order valence-corrected chi connectivity index (χ4v) is 6.94. The molecule has 0 spiro atoms. The number of amides is 2. The highest BCUT2D eigenvalue weighted by atomic mass is 79.9. The standard InChI is InChI=1S/C31H39Br4NO11/c1-16(37)18(32)6-4-8-20(34)28(41)45-14-31(3,15-46-29(42)21(35)9-5-7-19(33)17(2)38)30(43)44-13-12-36-26(39)24-22-10-11-23(47-22)25(24)27(36)40/h10-11,18-25H,4-9,12-15H2,1-3H3/t18?,19?,20?,21?,22?,23?,24-,25+,31?. The molecule has 2 fully saturated rings. The van der Waals surface area contributed by atoms with Gasteiger partial charge in [0.05, 0.1) is 40.2 Å². The van der Waals surface area contributed by atoms with Crippen LogP contribution >= 0.6 is 63.7 Å². The van der Waals surface area contributed by atoms with Gasteiger partial charge in [0.2, 0.25) is 11.8 Å². The van der Waals surface area contributed by atoms with Gasteiger partial charge in [-0.15, -0.1) is 0 Å². The first kappa shape index (κ1) is 39.9. The second-order valence-corrected chi connectivity index (χ2v) is 16.6. The third-order valence-corrected chi connectivity index (χ3v) is 12.2. The molecule has 47 heavy (non-hydrogen) atoms. The molecular formula is C31H39Br4NO11. The molecule has 0 radical (unpaired) electrons. The molecule has 0 N–H and O–H groups in total. The molecule has 3 aliphatic rings. The maximum atomic E-state index is 13.4. The Morgan fingerprint density at radius 1 is 0.745 bits per heavy atom. The smallest absolute Gasteiger partial charge is 0.319 e. The Balaban J connectivity index is 1.57. The lowest BCUT2D eigenvalue weighted by atomic mass is 9.85. The summed E-state index contributed by atoms with van der Waals surface area (Å²) in [6.07, 6.45) is 5.56. The predicted octanol–water partition coefficient (Wildman–Crippen LogP) is 4.13. The van der Waals surface area contributed by atoms with Crippen LogP contribution in [0.2, 0.25) is 0 Å². The number of fused-ring (bicyclic) bond motifs is 5. The molecule has 2 amide bonds. The molecular weight excluding hydrogens is 882 g/mol. The van der Waals surface area contributed by atoms with E-state index in [9.17, 15) is 33.6 Å². The number of Topliss-reactive ketones (excluding diaryl/α,β-unsaturated/α-hetero) is 2. The minimum atomic E-state index is -1.62. The van der Waals surface area contributed by atoms with Crippen molar-refractivity contribution in [2.45, 2.75) is 90.8 Å². The summed E-state index contributed by atoms with van der Waals surface area (Å²) < 4.78 is 22.0. The van der Waals surface area contributed by atoms with Gasteiger partial charge >= 0.3 is 17.9 Å². The minimum absolute atomic E-state index is 0.0175. The first-order valence-electron chi connectivity index (χ1n) is 15.3. The second kappa shape index (κ2) is 18.0. The summed E-state index contributed by atoms with van der Waals surface area (Å²) in [5.41, 5.74) is -1.62. The van der Waals surface area contributed by atoms with Gasteiger partial charge in [-0.05, 0) is 46.5 Å². The highest BCUT2D eigenvalue weighted by Crippen LogP contribution is 2.45. The number of alkyl halides is 4. The number of ketones is 2. The van der Waals surface area contributed by atoms with Crippen LogP contribution in [0.3, 0.4) is 0 Å². The second-order valence-electron chi connectivity index (χ2n) is 12.2. The van der Waals surface area contributed by atoms with Crippen molar-refractivity contribution in [3.8, 4) is 0 Å². The van der Waals surface area contributed by atoms with Crippen LogP contribution in [0, 0.1) is 17.3 Å². The van der Waals surface area contributed by atoms with E-state index in [4.69, 9.17) is 18.9 Å². The topological polar surface area (TPSA) is 160 Å². The number of ether oxygens (including phenoxy) is 4. The Kier molecular flexibility index (Phi) is 15.3. The van der Waals surface area contributed by atoms with Gasteiger partial charge in [0.25, 0.3) is 0 Å². The van der Waals surface area contributed by atoms with Crippen LogP contribution < -0.4 is 0 Å². The van der Waals surface area contributed by atoms with Crippen molar-refractivity contribution in [2.75, 3.05) is 26.4 Å². The van der Waals surface area contributed by atoms with Crippen LogP contribution in [-0.4, -0.2) is 104 Å². The van der Waals surface area contributed by atoms with Crippen LogP contribution in [0.5, 0.6) is 0 Å². The van der Waals surface area contributed by atoms with E-state index in [1.54, 1.807) is 12.2 Å². The third kappa shape index (κ3) is 10.5. The molecule has 8 atom stereocenters. The van der Waals surface area contributed by atoms with Crippen LogP contribution in [0.4, 0.5) is 0 Å². The van der Waals surface area contributed by atoms with Crippen molar-refractivity contribution >= 4 is 105 Å². The van der Waals surface area contributed by atoms with Gasteiger partial charge in [-0.3, -0.25) is 38.5 Å². The fraction of sp³-hybridized carbons (Fsp3) is 0.710. The molecule has 3 rings (SSSR count). The lowest BCUT2D eigenvalue weighted by molar-refractivity contribution is -0.171. The van der Waals surface area contributed by atoms with Crippen molar-refractivity contribution in [3.05, 3.63) is 12.2 Å². The van der Waals surface area contributed by atoms with E-state index in [0.717, 1.165) is 4.90 Å². The first-order chi connectivity index (χ1) is 22.1. The Morgan fingerprint density at radius 3 is 1.55 bits per heavy atom. The molecule has 0 aliphatic carbocycles. The summed E-state index contributed by atoms with van der Waals surface area (Å²) >= 11 is 13.2. The number of hydrogen-bond donors (Lipinski definition) is 0. The number of esters is 3. The van der Waals surface area contributed by atoms with Gasteiger partial charge in [0.15, 0.2) is 0 Å². The Bertz CT molecular complexity index is 1180. The van der Waals surface area contributed by atoms with Crippen LogP contribution in [0.25, 0.3) is 0 Å². The lowest BCUT2D eigenvalue weighted by Gasteiger charge is -2.28. The van der Waals surface area contributed by atoms with Crippen molar-refractivity contribution in [2.24, 2.45) is 17.3 Å². The Hall–Kier alpha value is -1.49. The molecule has 2 saturated heterocycles. The molecule has 0 aromatic rings. The van der Waals surface area contributed by atoms with Gasteiger partial charge in [0.1, 0.15) is 46.5 Å². The average Bonchev–Trinajstić information content (AvgIpc) is 3.72. The average molecular weight is 921 g/mol. The number of carbonyl (C=O) groups excluding carboxylic acids is 7. The normalized spacial score (nSPS) is 25.0. The summed E-state index contributed by atoms with van der Waals surface area (Å²) in [6.45, 7) is 2.92. The number of carbonyl (C=O) groups is 7. The van der Waals surface area contributed by atoms with E-state index in [1.165, 1.54) is 20.8 Å². The Labute approximate surface area is 307 Å². The van der Waals surface area contributed by atoms with E-state index < -0.39 is 70.2 Å². The number of halogens is 4. The molecule has 0 saturated carbocycles. The molecule has 2 bridgehead atoms. The van der Waals surface area contributed by atoms with E-state index >= 15 is 0 Å². The van der Waals surface area contributed by atoms with Crippen LogP contribution in [0.1, 0.15) is 59.3 Å². The van der Waals surface area contributed by atoms with Gasteiger partial charge in [-0.25, -0.2) is 0 Å². The van der Waals surface area contributed by atoms with Crippen molar-refractivity contribution in [1.82, 2.24) is 4.90 Å². The summed E-state index contributed by atoms with van der Waals surface area (Å²) in [5, 5.41) is 0. The van der Waals surface area contributed by atoms with Crippen molar-refractivity contribution in [1.29, 1.82) is 0 Å². The minimum Gasteiger partial charge on any atom is -0.464 e. The molecule has 16 heteroatoms. The number of rotatable bonds is 20. The van der Waals surface area contributed by atoms with Crippen molar-refractivity contribution in [3.63, 3.8) is 0 Å². The van der Waals surface area contributed by atoms with Gasteiger partial charge < -0.3 is 18.9 Å². The molecule has 12 nitrogen and oxygen atoms in total. The summed E-state index contributed by atoms with van der Waals surface area (Å²) in [5.74, 6) is -4.12. The largest absolute Gasteiger partial charge is 0.464 e. The van der Waals surface area contributed by atoms with Crippen molar-refractivity contribution < 1.29 is 52.5 Å².